The molecule has 1 aromatic rings. The maximum absolute atomic E-state index is 13.0. The van der Waals surface area contributed by atoms with Crippen LogP contribution >= 0.6 is 12.4 Å². The first-order valence-corrected chi connectivity index (χ1v) is 8.97. The molecule has 0 aromatic heterocycles. The Bertz CT molecular complexity index is 773. The van der Waals surface area contributed by atoms with Crippen molar-refractivity contribution in [1.82, 2.24) is 10.0 Å². The van der Waals surface area contributed by atoms with Crippen LogP contribution in [0.2, 0.25) is 0 Å². The number of benzene rings is 1. The van der Waals surface area contributed by atoms with Gasteiger partial charge in [-0.3, -0.25) is 0 Å². The smallest absolute Gasteiger partial charge is 0.383 e. The van der Waals surface area contributed by atoms with E-state index in [0.717, 1.165) is 18.6 Å². The fourth-order valence-electron chi connectivity index (χ4n) is 2.81. The first-order chi connectivity index (χ1) is 11.6. The maximum Gasteiger partial charge on any atom is 0.417 e. The second kappa shape index (κ2) is 8.54. The Morgan fingerprint density at radius 2 is 2.12 bits per heavy atom. The molecule has 0 saturated carbocycles. The van der Waals surface area contributed by atoms with Crippen LogP contribution in [-0.2, 0) is 20.9 Å². The van der Waals surface area contributed by atoms with Crippen LogP contribution in [0.15, 0.2) is 23.1 Å². The van der Waals surface area contributed by atoms with E-state index in [1.807, 2.05) is 0 Å². The summed E-state index contributed by atoms with van der Waals surface area (Å²) < 4.78 is 71.2. The van der Waals surface area contributed by atoms with Crippen molar-refractivity contribution < 1.29 is 26.3 Å². The number of nitrogens with one attached hydrogen (secondary N) is 2. The van der Waals surface area contributed by atoms with Gasteiger partial charge in [0.15, 0.2) is 0 Å². The van der Waals surface area contributed by atoms with Gasteiger partial charge in [0.25, 0.3) is 0 Å². The second-order valence-electron chi connectivity index (χ2n) is 5.89. The Balaban J connectivity index is 0.00000338. The molecular weight excluding hydrogens is 395 g/mol. The van der Waals surface area contributed by atoms with Crippen LogP contribution in [-0.4, -0.2) is 40.8 Å². The Morgan fingerprint density at radius 3 is 2.62 bits per heavy atom. The summed E-state index contributed by atoms with van der Waals surface area (Å²) in [5.41, 5.74) is -2.48. The fraction of sp³-hybridized carbons (Fsp3) is 0.533. The van der Waals surface area contributed by atoms with E-state index in [-0.39, 0.29) is 25.6 Å². The van der Waals surface area contributed by atoms with Gasteiger partial charge in [-0.15, -0.1) is 12.4 Å². The predicted octanol–water partition coefficient (Wildman–Crippen LogP) is 2.05. The van der Waals surface area contributed by atoms with Crippen LogP contribution in [0, 0.1) is 11.3 Å². The molecule has 1 saturated heterocycles. The minimum Gasteiger partial charge on any atom is -0.383 e. The lowest BCUT2D eigenvalue weighted by Crippen LogP contribution is -2.52. The highest BCUT2D eigenvalue weighted by Crippen LogP contribution is 2.33. The average Bonchev–Trinajstić information content (AvgIpc) is 3.01. The van der Waals surface area contributed by atoms with E-state index in [1.165, 1.54) is 13.2 Å². The summed E-state index contributed by atoms with van der Waals surface area (Å²) in [5.74, 6) is 0. The van der Waals surface area contributed by atoms with Crippen molar-refractivity contribution >= 4 is 22.4 Å². The van der Waals surface area contributed by atoms with Crippen molar-refractivity contribution in [3.8, 4) is 6.07 Å². The number of alkyl halides is 3. The standard InChI is InChI=1S/C15H18F3N3O3S.ClH/c1-24-10-14(5-2-6-20-14)9-21-25(22,23)12-4-3-11(8-19)13(7-12)15(16,17)18;/h3-4,7,20-21H,2,5-6,9-10H2,1H3;1H. The SMILES string of the molecule is COCC1(CNS(=O)(=O)c2ccc(C#N)c(C(F)(F)F)c2)CCCN1.Cl. The highest BCUT2D eigenvalue weighted by atomic mass is 35.5. The van der Waals surface area contributed by atoms with Crippen LogP contribution in [0.5, 0.6) is 0 Å². The highest BCUT2D eigenvalue weighted by molar-refractivity contribution is 7.89. The van der Waals surface area contributed by atoms with Crippen LogP contribution in [0.4, 0.5) is 13.2 Å². The molecule has 0 bridgehead atoms. The largest absolute Gasteiger partial charge is 0.417 e. The molecule has 1 atom stereocenters. The van der Waals surface area contributed by atoms with Crippen molar-refractivity contribution in [3.05, 3.63) is 29.3 Å². The molecule has 2 rings (SSSR count). The van der Waals surface area contributed by atoms with Gasteiger partial charge in [0.05, 0.1) is 34.2 Å². The van der Waals surface area contributed by atoms with E-state index in [2.05, 4.69) is 10.0 Å². The molecule has 11 heteroatoms. The molecular formula is C15H19ClF3N3O3S. The van der Waals surface area contributed by atoms with E-state index in [9.17, 15) is 21.6 Å². The topological polar surface area (TPSA) is 91.2 Å². The predicted molar refractivity (Wildman–Crippen MR) is 90.4 cm³/mol. The average molecular weight is 414 g/mol. The Labute approximate surface area is 156 Å². The third kappa shape index (κ3) is 5.08. The number of ether oxygens (including phenoxy) is 1. The lowest BCUT2D eigenvalue weighted by atomic mass is 9.99. The third-order valence-corrected chi connectivity index (χ3v) is 5.48. The van der Waals surface area contributed by atoms with Crippen LogP contribution in [0.1, 0.15) is 24.0 Å². The first-order valence-electron chi connectivity index (χ1n) is 7.48. The molecule has 1 aliphatic rings. The Hall–Kier alpha value is -1.38. The van der Waals surface area contributed by atoms with E-state index < -0.39 is 37.8 Å². The van der Waals surface area contributed by atoms with E-state index in [0.29, 0.717) is 19.0 Å². The van der Waals surface area contributed by atoms with E-state index in [4.69, 9.17) is 10.00 Å². The molecule has 1 aromatic carbocycles. The molecule has 1 unspecified atom stereocenters. The summed E-state index contributed by atoms with van der Waals surface area (Å²) in [6.07, 6.45) is -3.29. The zero-order valence-corrected chi connectivity index (χ0v) is 15.5. The molecule has 0 aliphatic carbocycles. The quantitative estimate of drug-likeness (QED) is 0.744. The summed E-state index contributed by atoms with van der Waals surface area (Å²) in [6, 6.07) is 3.74. The summed E-state index contributed by atoms with van der Waals surface area (Å²) in [6.45, 7) is 0.974. The number of halogens is 4. The van der Waals surface area contributed by atoms with Gasteiger partial charge in [-0.05, 0) is 37.6 Å². The normalized spacial score (nSPS) is 20.4. The van der Waals surface area contributed by atoms with Crippen molar-refractivity contribution in [3.63, 3.8) is 0 Å². The van der Waals surface area contributed by atoms with Crippen molar-refractivity contribution in [2.24, 2.45) is 0 Å². The van der Waals surface area contributed by atoms with Gasteiger partial charge in [0.2, 0.25) is 10.0 Å². The van der Waals surface area contributed by atoms with Crippen molar-refractivity contribution in [1.29, 1.82) is 5.26 Å². The monoisotopic (exact) mass is 413 g/mol. The number of nitriles is 1. The molecule has 146 valence electrons. The summed E-state index contributed by atoms with van der Waals surface area (Å²) in [4.78, 5) is -0.538. The van der Waals surface area contributed by atoms with E-state index >= 15 is 0 Å². The molecule has 1 heterocycles. The van der Waals surface area contributed by atoms with Crippen molar-refractivity contribution in [2.75, 3.05) is 26.8 Å². The van der Waals surface area contributed by atoms with Crippen LogP contribution in [0.3, 0.4) is 0 Å². The molecule has 6 nitrogen and oxygen atoms in total. The van der Waals surface area contributed by atoms with E-state index in [1.54, 1.807) is 0 Å². The van der Waals surface area contributed by atoms with Gasteiger partial charge in [-0.1, -0.05) is 0 Å². The van der Waals surface area contributed by atoms with Gasteiger partial charge in [0.1, 0.15) is 0 Å². The Morgan fingerprint density at radius 1 is 1.42 bits per heavy atom. The maximum atomic E-state index is 13.0. The number of nitrogens with zero attached hydrogens (tertiary/aromatic N) is 1. The molecule has 0 spiro atoms. The van der Waals surface area contributed by atoms with Crippen molar-refractivity contribution in [2.45, 2.75) is 29.5 Å². The van der Waals surface area contributed by atoms with Crippen LogP contribution < -0.4 is 10.0 Å². The van der Waals surface area contributed by atoms with Gasteiger partial charge in [-0.25, -0.2) is 13.1 Å². The molecule has 0 amide bonds. The molecule has 1 fully saturated rings. The zero-order chi connectivity index (χ0) is 18.7. The highest BCUT2D eigenvalue weighted by Gasteiger charge is 2.37. The molecule has 26 heavy (non-hydrogen) atoms. The summed E-state index contributed by atoms with van der Waals surface area (Å²) in [5, 5.41) is 12.0. The summed E-state index contributed by atoms with van der Waals surface area (Å²) >= 11 is 0. The zero-order valence-electron chi connectivity index (χ0n) is 13.9. The lowest BCUT2D eigenvalue weighted by Gasteiger charge is -2.28. The molecule has 2 N–H and O–H groups in total. The third-order valence-electron chi connectivity index (χ3n) is 4.08. The fourth-order valence-corrected chi connectivity index (χ4v) is 3.96. The second-order valence-corrected chi connectivity index (χ2v) is 7.65. The van der Waals surface area contributed by atoms with Crippen LogP contribution in [0.25, 0.3) is 0 Å². The number of methoxy groups -OCH3 is 1. The van der Waals surface area contributed by atoms with Gasteiger partial charge in [0, 0.05) is 13.7 Å². The minimum absolute atomic E-state index is 0. The Kier molecular flexibility index (Phi) is 7.44. The summed E-state index contributed by atoms with van der Waals surface area (Å²) in [7, 11) is -2.67. The molecule has 0 radical (unpaired) electrons. The first kappa shape index (κ1) is 22.7. The van der Waals surface area contributed by atoms with Gasteiger partial charge < -0.3 is 10.1 Å². The number of hydrogen-bond donors (Lipinski definition) is 2. The lowest BCUT2D eigenvalue weighted by molar-refractivity contribution is -0.137. The number of sulfonamides is 1. The number of hydrogen-bond acceptors (Lipinski definition) is 5. The van der Waals surface area contributed by atoms with Gasteiger partial charge >= 0.3 is 6.18 Å². The number of rotatable bonds is 6. The van der Waals surface area contributed by atoms with Gasteiger partial charge in [-0.2, -0.15) is 18.4 Å². The minimum atomic E-state index is -4.82. The molecule has 1 aliphatic heterocycles.